The lowest BCUT2D eigenvalue weighted by Crippen LogP contribution is -2.30. The van der Waals surface area contributed by atoms with Crippen molar-refractivity contribution in [2.45, 2.75) is 19.6 Å². The predicted octanol–water partition coefficient (Wildman–Crippen LogP) is 2.86. The second-order valence-corrected chi connectivity index (χ2v) is 8.79. The molecule has 0 bridgehead atoms. The standard InChI is InChI=1S/C11H15FO3Si/c1-14-9-5-8(7-13)11(10(12)6-9)15-16(2,3)4/h5-7H,1-4H3. The first-order valence-electron chi connectivity index (χ1n) is 4.89. The van der Waals surface area contributed by atoms with Crippen LogP contribution in [0.1, 0.15) is 10.4 Å². The summed E-state index contributed by atoms with van der Waals surface area (Å²) in [6.07, 6.45) is 0.571. The maximum absolute atomic E-state index is 13.7. The number of hydrogen-bond donors (Lipinski definition) is 0. The smallest absolute Gasteiger partial charge is 0.242 e. The summed E-state index contributed by atoms with van der Waals surface area (Å²) in [5.74, 6) is -0.235. The Morgan fingerprint density at radius 2 is 1.94 bits per heavy atom. The maximum atomic E-state index is 13.7. The molecule has 0 unspecified atom stereocenters. The molecule has 88 valence electrons. The summed E-state index contributed by atoms with van der Waals surface area (Å²) in [4.78, 5) is 10.8. The fourth-order valence-corrected chi connectivity index (χ4v) is 2.04. The topological polar surface area (TPSA) is 35.5 Å². The minimum absolute atomic E-state index is 0.0231. The van der Waals surface area contributed by atoms with Crippen LogP contribution < -0.4 is 9.16 Å². The quantitative estimate of drug-likeness (QED) is 0.601. The van der Waals surface area contributed by atoms with Crippen LogP contribution in [0.4, 0.5) is 4.39 Å². The van der Waals surface area contributed by atoms with Crippen molar-refractivity contribution in [3.05, 3.63) is 23.5 Å². The second kappa shape index (κ2) is 4.65. The van der Waals surface area contributed by atoms with Crippen molar-refractivity contribution in [2.24, 2.45) is 0 Å². The second-order valence-electron chi connectivity index (χ2n) is 4.36. The Bertz CT molecular complexity index is 399. The van der Waals surface area contributed by atoms with Gasteiger partial charge in [0.25, 0.3) is 0 Å². The number of carbonyl (C=O) groups excluding carboxylic acids is 1. The Balaban J connectivity index is 3.22. The van der Waals surface area contributed by atoms with Crippen LogP contribution in [0, 0.1) is 5.82 Å². The monoisotopic (exact) mass is 242 g/mol. The van der Waals surface area contributed by atoms with Crippen LogP contribution in [0.25, 0.3) is 0 Å². The third kappa shape index (κ3) is 3.06. The Hall–Kier alpha value is -1.36. The third-order valence-electron chi connectivity index (χ3n) is 1.82. The van der Waals surface area contributed by atoms with Crippen LogP contribution in [0.3, 0.4) is 0 Å². The minimum Gasteiger partial charge on any atom is -0.542 e. The lowest BCUT2D eigenvalue weighted by Gasteiger charge is -2.21. The Morgan fingerprint density at radius 1 is 1.31 bits per heavy atom. The molecule has 3 nitrogen and oxygen atoms in total. The minimum atomic E-state index is -1.94. The van der Waals surface area contributed by atoms with Crippen LogP contribution in [0.15, 0.2) is 12.1 Å². The highest BCUT2D eigenvalue weighted by atomic mass is 28.4. The lowest BCUT2D eigenvalue weighted by atomic mass is 10.2. The summed E-state index contributed by atoms with van der Waals surface area (Å²) in [7, 11) is -0.525. The number of benzene rings is 1. The molecular formula is C11H15FO3Si. The summed E-state index contributed by atoms with van der Waals surface area (Å²) in [6, 6.07) is 2.67. The van der Waals surface area contributed by atoms with Gasteiger partial charge in [0, 0.05) is 6.07 Å². The van der Waals surface area contributed by atoms with Crippen molar-refractivity contribution in [2.75, 3.05) is 7.11 Å². The van der Waals surface area contributed by atoms with Crippen molar-refractivity contribution in [1.82, 2.24) is 0 Å². The molecule has 1 rings (SSSR count). The van der Waals surface area contributed by atoms with Crippen LogP contribution in [0.5, 0.6) is 11.5 Å². The summed E-state index contributed by atoms with van der Waals surface area (Å²) >= 11 is 0. The molecule has 16 heavy (non-hydrogen) atoms. The Kier molecular flexibility index (Phi) is 3.69. The molecule has 0 radical (unpaired) electrons. The van der Waals surface area contributed by atoms with Gasteiger partial charge in [0.2, 0.25) is 8.32 Å². The highest BCUT2D eigenvalue weighted by molar-refractivity contribution is 6.70. The maximum Gasteiger partial charge on any atom is 0.242 e. The van der Waals surface area contributed by atoms with E-state index in [2.05, 4.69) is 0 Å². The number of hydrogen-bond acceptors (Lipinski definition) is 3. The zero-order chi connectivity index (χ0) is 12.3. The van der Waals surface area contributed by atoms with Crippen molar-refractivity contribution >= 4 is 14.6 Å². The molecule has 0 heterocycles. The summed E-state index contributed by atoms with van der Waals surface area (Å²) < 4.78 is 24.1. The molecule has 0 aliphatic heterocycles. The van der Waals surface area contributed by atoms with E-state index in [1.807, 2.05) is 19.6 Å². The molecular weight excluding hydrogens is 227 g/mol. The Morgan fingerprint density at radius 3 is 2.38 bits per heavy atom. The molecule has 0 saturated carbocycles. The van der Waals surface area contributed by atoms with E-state index < -0.39 is 14.1 Å². The van der Waals surface area contributed by atoms with Gasteiger partial charge in [0.15, 0.2) is 17.9 Å². The number of methoxy groups -OCH3 is 1. The van der Waals surface area contributed by atoms with Crippen molar-refractivity contribution in [1.29, 1.82) is 0 Å². The van der Waals surface area contributed by atoms with E-state index in [-0.39, 0.29) is 11.3 Å². The van der Waals surface area contributed by atoms with Gasteiger partial charge in [-0.2, -0.15) is 0 Å². The van der Waals surface area contributed by atoms with Crippen LogP contribution in [0.2, 0.25) is 19.6 Å². The summed E-state index contributed by atoms with van der Waals surface area (Å²) in [5.41, 5.74) is 0.180. The van der Waals surface area contributed by atoms with E-state index in [1.54, 1.807) is 0 Å². The highest BCUT2D eigenvalue weighted by Crippen LogP contribution is 2.29. The van der Waals surface area contributed by atoms with Gasteiger partial charge in [0.1, 0.15) is 5.75 Å². The zero-order valence-corrected chi connectivity index (χ0v) is 10.8. The van der Waals surface area contributed by atoms with Crippen molar-refractivity contribution < 1.29 is 18.3 Å². The van der Waals surface area contributed by atoms with Crippen molar-refractivity contribution in [3.63, 3.8) is 0 Å². The van der Waals surface area contributed by atoms with Gasteiger partial charge in [-0.15, -0.1) is 0 Å². The number of halogens is 1. The van der Waals surface area contributed by atoms with E-state index in [1.165, 1.54) is 19.2 Å². The molecule has 0 aromatic heterocycles. The molecule has 0 N–H and O–H groups in total. The van der Waals surface area contributed by atoms with Crippen LogP contribution in [-0.2, 0) is 0 Å². The summed E-state index contributed by atoms with van der Waals surface area (Å²) in [5, 5.41) is 0. The number of aldehydes is 1. The van der Waals surface area contributed by atoms with E-state index in [0.717, 1.165) is 0 Å². The zero-order valence-electron chi connectivity index (χ0n) is 9.83. The van der Waals surface area contributed by atoms with Gasteiger partial charge in [-0.1, -0.05) is 0 Å². The molecule has 1 aromatic carbocycles. The number of carbonyl (C=O) groups is 1. The number of rotatable bonds is 4. The molecule has 0 amide bonds. The molecule has 0 fully saturated rings. The van der Waals surface area contributed by atoms with Crippen LogP contribution >= 0.6 is 0 Å². The van der Waals surface area contributed by atoms with Gasteiger partial charge in [-0.25, -0.2) is 4.39 Å². The van der Waals surface area contributed by atoms with Crippen LogP contribution in [-0.4, -0.2) is 21.7 Å². The average Bonchev–Trinajstić information content (AvgIpc) is 2.19. The first-order chi connectivity index (χ1) is 7.37. The molecule has 0 aliphatic carbocycles. The molecule has 0 saturated heterocycles. The molecule has 1 aromatic rings. The average molecular weight is 242 g/mol. The highest BCUT2D eigenvalue weighted by Gasteiger charge is 2.21. The van der Waals surface area contributed by atoms with E-state index in [0.29, 0.717) is 12.0 Å². The molecule has 0 atom stereocenters. The van der Waals surface area contributed by atoms with Gasteiger partial charge < -0.3 is 9.16 Å². The van der Waals surface area contributed by atoms with Crippen molar-refractivity contribution in [3.8, 4) is 11.5 Å². The van der Waals surface area contributed by atoms with Gasteiger partial charge in [0.05, 0.1) is 12.7 Å². The predicted molar refractivity (Wildman–Crippen MR) is 62.3 cm³/mol. The SMILES string of the molecule is COc1cc(F)c(O[Si](C)(C)C)c(C=O)c1. The fraction of sp³-hybridized carbons (Fsp3) is 0.364. The van der Waals surface area contributed by atoms with Gasteiger partial charge in [-0.3, -0.25) is 4.79 Å². The van der Waals surface area contributed by atoms with E-state index in [9.17, 15) is 9.18 Å². The third-order valence-corrected chi connectivity index (χ3v) is 2.63. The largest absolute Gasteiger partial charge is 0.542 e. The first kappa shape index (κ1) is 12.7. The molecule has 5 heteroatoms. The Labute approximate surface area is 95.3 Å². The van der Waals surface area contributed by atoms with Gasteiger partial charge >= 0.3 is 0 Å². The lowest BCUT2D eigenvalue weighted by molar-refractivity contribution is 0.112. The van der Waals surface area contributed by atoms with E-state index >= 15 is 0 Å². The molecule has 0 spiro atoms. The molecule has 0 aliphatic rings. The normalized spacial score (nSPS) is 11.1. The van der Waals surface area contributed by atoms with Gasteiger partial charge in [-0.05, 0) is 25.7 Å². The van der Waals surface area contributed by atoms with E-state index in [4.69, 9.17) is 9.16 Å². The fourth-order valence-electron chi connectivity index (χ4n) is 1.21. The summed E-state index contributed by atoms with van der Waals surface area (Å²) in [6.45, 7) is 5.77. The first-order valence-corrected chi connectivity index (χ1v) is 8.30. The number of ether oxygens (including phenoxy) is 1.